The molecule has 0 aliphatic carbocycles. The Balaban J connectivity index is 2.46. The molecule has 0 atom stereocenters. The van der Waals surface area contributed by atoms with Crippen LogP contribution in [0, 0.1) is 6.92 Å². The Labute approximate surface area is 121 Å². The summed E-state index contributed by atoms with van der Waals surface area (Å²) in [5, 5.41) is 3.07. The number of hydrogen-bond acceptors (Lipinski definition) is 7. The number of esters is 1. The van der Waals surface area contributed by atoms with Crippen molar-refractivity contribution >= 4 is 28.3 Å². The third-order valence-electron chi connectivity index (χ3n) is 2.34. The number of ether oxygens (including phenoxy) is 3. The van der Waals surface area contributed by atoms with Gasteiger partial charge in [-0.15, -0.1) is 11.3 Å². The summed E-state index contributed by atoms with van der Waals surface area (Å²) in [5.41, 5.74) is 0.705. The molecular formula is C12H18N2O5S. The lowest BCUT2D eigenvalue weighted by atomic mass is 10.3. The highest BCUT2D eigenvalue weighted by Crippen LogP contribution is 2.23. The Bertz CT molecular complexity index is 461. The van der Waals surface area contributed by atoms with E-state index in [1.165, 1.54) is 18.4 Å². The number of methoxy groups -OCH3 is 2. The molecule has 1 amide bonds. The van der Waals surface area contributed by atoms with E-state index in [0.717, 1.165) is 4.88 Å². The highest BCUT2D eigenvalue weighted by Gasteiger charge is 2.13. The lowest BCUT2D eigenvalue weighted by Gasteiger charge is -2.03. The van der Waals surface area contributed by atoms with Crippen LogP contribution < -0.4 is 5.32 Å². The first kappa shape index (κ1) is 16.5. The zero-order valence-corrected chi connectivity index (χ0v) is 12.5. The van der Waals surface area contributed by atoms with Crippen molar-refractivity contribution in [1.29, 1.82) is 0 Å². The number of carbonyl (C=O) groups is 2. The maximum Gasteiger partial charge on any atom is 0.310 e. The predicted molar refractivity (Wildman–Crippen MR) is 73.9 cm³/mol. The van der Waals surface area contributed by atoms with Crippen molar-refractivity contribution in [2.24, 2.45) is 0 Å². The van der Waals surface area contributed by atoms with Crippen molar-refractivity contribution in [2.45, 2.75) is 13.3 Å². The minimum Gasteiger partial charge on any atom is -0.469 e. The number of nitrogens with one attached hydrogen (secondary N) is 1. The minimum absolute atomic E-state index is 0.0612. The number of amides is 1. The van der Waals surface area contributed by atoms with Gasteiger partial charge in [-0.1, -0.05) is 0 Å². The highest BCUT2D eigenvalue weighted by molar-refractivity contribution is 7.16. The molecule has 0 saturated heterocycles. The molecule has 0 aliphatic heterocycles. The van der Waals surface area contributed by atoms with Crippen molar-refractivity contribution in [3.05, 3.63) is 10.6 Å². The van der Waals surface area contributed by atoms with E-state index in [0.29, 0.717) is 24.0 Å². The second-order valence-electron chi connectivity index (χ2n) is 3.87. The van der Waals surface area contributed by atoms with Crippen LogP contribution in [0.25, 0.3) is 0 Å². The van der Waals surface area contributed by atoms with Gasteiger partial charge in [0.25, 0.3) is 5.91 Å². The smallest absolute Gasteiger partial charge is 0.310 e. The molecule has 1 heterocycles. The molecule has 20 heavy (non-hydrogen) atoms. The van der Waals surface area contributed by atoms with Gasteiger partial charge in [0.15, 0.2) is 5.13 Å². The fourth-order valence-corrected chi connectivity index (χ4v) is 2.28. The number of aryl methyl sites for hydroxylation is 1. The highest BCUT2D eigenvalue weighted by atomic mass is 32.1. The van der Waals surface area contributed by atoms with Crippen LogP contribution in [-0.2, 0) is 30.2 Å². The topological polar surface area (TPSA) is 86.8 Å². The fraction of sp³-hybridized carbons (Fsp3) is 0.583. The Hall–Kier alpha value is -1.51. The fourth-order valence-electron chi connectivity index (χ4n) is 1.31. The van der Waals surface area contributed by atoms with Crippen LogP contribution in [0.4, 0.5) is 5.13 Å². The van der Waals surface area contributed by atoms with Crippen LogP contribution in [0.15, 0.2) is 0 Å². The summed E-state index contributed by atoms with van der Waals surface area (Å²) in [5.74, 6) is -0.628. The summed E-state index contributed by atoms with van der Waals surface area (Å²) in [4.78, 5) is 27.7. The van der Waals surface area contributed by atoms with Gasteiger partial charge in [-0.2, -0.15) is 0 Å². The molecule has 0 aromatic carbocycles. The third-order valence-corrected chi connectivity index (χ3v) is 3.41. The third kappa shape index (κ3) is 5.64. The van der Waals surface area contributed by atoms with Gasteiger partial charge >= 0.3 is 5.97 Å². The largest absolute Gasteiger partial charge is 0.469 e. The first-order valence-electron chi connectivity index (χ1n) is 5.96. The summed E-state index contributed by atoms with van der Waals surface area (Å²) in [6.07, 6.45) is 0.153. The van der Waals surface area contributed by atoms with Gasteiger partial charge in [0, 0.05) is 12.0 Å². The molecule has 7 nitrogen and oxygen atoms in total. The Morgan fingerprint density at radius 2 is 2.05 bits per heavy atom. The van der Waals surface area contributed by atoms with Crippen LogP contribution in [0.2, 0.25) is 0 Å². The maximum atomic E-state index is 11.6. The van der Waals surface area contributed by atoms with Crippen molar-refractivity contribution in [1.82, 2.24) is 4.98 Å². The second kappa shape index (κ2) is 8.62. The Kier molecular flexibility index (Phi) is 7.13. The number of thiazole rings is 1. The van der Waals surface area contributed by atoms with Crippen molar-refractivity contribution in [2.75, 3.05) is 39.4 Å². The average molecular weight is 302 g/mol. The molecule has 0 spiro atoms. The molecule has 1 N–H and O–H groups in total. The van der Waals surface area contributed by atoms with Gasteiger partial charge < -0.3 is 14.2 Å². The summed E-state index contributed by atoms with van der Waals surface area (Å²) in [7, 11) is 2.89. The monoisotopic (exact) mass is 302 g/mol. The van der Waals surface area contributed by atoms with Crippen molar-refractivity contribution in [3.63, 3.8) is 0 Å². The zero-order valence-electron chi connectivity index (χ0n) is 11.7. The van der Waals surface area contributed by atoms with Gasteiger partial charge in [0.2, 0.25) is 0 Å². The van der Waals surface area contributed by atoms with Crippen molar-refractivity contribution < 1.29 is 23.8 Å². The molecule has 112 valence electrons. The van der Waals surface area contributed by atoms with E-state index in [-0.39, 0.29) is 24.9 Å². The lowest BCUT2D eigenvalue weighted by Crippen LogP contribution is -2.19. The number of rotatable bonds is 8. The molecule has 1 aromatic rings. The van der Waals surface area contributed by atoms with E-state index >= 15 is 0 Å². The number of anilines is 1. The summed E-state index contributed by atoms with van der Waals surface area (Å²) in [6.45, 7) is 2.51. The van der Waals surface area contributed by atoms with E-state index in [1.54, 1.807) is 14.0 Å². The first-order chi connectivity index (χ1) is 9.56. The molecule has 0 bridgehead atoms. The molecule has 0 unspecified atom stereocenters. The molecule has 1 aromatic heterocycles. The molecule has 1 rings (SSSR count). The van der Waals surface area contributed by atoms with Crippen LogP contribution in [0.5, 0.6) is 0 Å². The Morgan fingerprint density at radius 1 is 1.30 bits per heavy atom. The summed E-state index contributed by atoms with van der Waals surface area (Å²) >= 11 is 1.25. The van der Waals surface area contributed by atoms with E-state index in [4.69, 9.17) is 9.47 Å². The van der Waals surface area contributed by atoms with Crippen LogP contribution in [0.1, 0.15) is 10.6 Å². The number of carbonyl (C=O) groups excluding carboxylic acids is 2. The second-order valence-corrected chi connectivity index (χ2v) is 4.96. The first-order valence-corrected chi connectivity index (χ1v) is 6.78. The number of nitrogens with zero attached hydrogens (tertiary/aromatic N) is 1. The molecule has 0 saturated carbocycles. The van der Waals surface area contributed by atoms with Gasteiger partial charge in [-0.3, -0.25) is 14.9 Å². The molecule has 0 aliphatic rings. The van der Waals surface area contributed by atoms with Gasteiger partial charge in [0.05, 0.1) is 32.4 Å². The summed E-state index contributed by atoms with van der Waals surface area (Å²) < 4.78 is 14.5. The van der Waals surface area contributed by atoms with E-state index in [9.17, 15) is 9.59 Å². The van der Waals surface area contributed by atoms with Gasteiger partial charge in [-0.25, -0.2) is 4.98 Å². The Morgan fingerprint density at radius 3 is 2.70 bits per heavy atom. The number of aromatic nitrogens is 1. The SMILES string of the molecule is COCCOCC(=O)Nc1nc(C)c(CC(=O)OC)s1. The van der Waals surface area contributed by atoms with Gasteiger partial charge in [0.1, 0.15) is 6.61 Å². The van der Waals surface area contributed by atoms with E-state index < -0.39 is 0 Å². The summed E-state index contributed by atoms with van der Waals surface area (Å²) in [6, 6.07) is 0. The van der Waals surface area contributed by atoms with E-state index in [2.05, 4.69) is 15.0 Å². The molecular weight excluding hydrogens is 284 g/mol. The van der Waals surface area contributed by atoms with Crippen LogP contribution in [-0.4, -0.2) is 50.9 Å². The number of hydrogen-bond donors (Lipinski definition) is 1. The normalized spacial score (nSPS) is 10.3. The maximum absolute atomic E-state index is 11.6. The van der Waals surface area contributed by atoms with Crippen LogP contribution >= 0.6 is 11.3 Å². The minimum atomic E-state index is -0.336. The lowest BCUT2D eigenvalue weighted by molar-refractivity contribution is -0.139. The molecule has 0 fully saturated rings. The molecule has 8 heteroatoms. The quantitative estimate of drug-likeness (QED) is 0.564. The zero-order chi connectivity index (χ0) is 15.0. The van der Waals surface area contributed by atoms with E-state index in [1.807, 2.05) is 0 Å². The predicted octanol–water partition coefficient (Wildman–Crippen LogP) is 0.769. The average Bonchev–Trinajstić information content (AvgIpc) is 2.74. The molecule has 0 radical (unpaired) electrons. The van der Waals surface area contributed by atoms with Crippen LogP contribution in [0.3, 0.4) is 0 Å². The standard InChI is InChI=1S/C12H18N2O5S/c1-8-9(6-11(16)18-3)20-12(13-8)14-10(15)7-19-5-4-17-2/h4-7H2,1-3H3,(H,13,14,15). The van der Waals surface area contributed by atoms with Gasteiger partial charge in [-0.05, 0) is 6.92 Å². The van der Waals surface area contributed by atoms with Crippen molar-refractivity contribution in [3.8, 4) is 0 Å².